The molecule has 102 valence electrons. The van der Waals surface area contributed by atoms with Crippen molar-refractivity contribution in [2.24, 2.45) is 0 Å². The molecule has 0 aliphatic carbocycles. The van der Waals surface area contributed by atoms with Crippen LogP contribution in [0.5, 0.6) is 5.75 Å². The van der Waals surface area contributed by atoms with Gasteiger partial charge >= 0.3 is 0 Å². The molecule has 6 heteroatoms. The van der Waals surface area contributed by atoms with Crippen molar-refractivity contribution in [3.8, 4) is 16.9 Å². The fraction of sp³-hybridized carbons (Fsp3) is 0.214. The molecular formula is C14H13N3O3. The maximum absolute atomic E-state index is 10.8. The van der Waals surface area contributed by atoms with Crippen LogP contribution in [0.2, 0.25) is 0 Å². The van der Waals surface area contributed by atoms with E-state index in [-0.39, 0.29) is 5.69 Å². The number of nitrogens with zero attached hydrogens (tertiary/aromatic N) is 2. The molecular weight excluding hydrogens is 258 g/mol. The fourth-order valence-corrected chi connectivity index (χ4v) is 2.25. The number of ether oxygens (including phenoxy) is 1. The van der Waals surface area contributed by atoms with E-state index in [1.54, 1.807) is 12.3 Å². The zero-order valence-corrected chi connectivity index (χ0v) is 10.9. The number of fused-ring (bicyclic) bond motifs is 3. The fourth-order valence-electron chi connectivity index (χ4n) is 2.25. The van der Waals surface area contributed by atoms with Crippen LogP contribution in [0.3, 0.4) is 0 Å². The predicted octanol–water partition coefficient (Wildman–Crippen LogP) is 2.98. The van der Waals surface area contributed by atoms with Gasteiger partial charge in [0.15, 0.2) is 0 Å². The lowest BCUT2D eigenvalue weighted by atomic mass is 9.98. The largest absolute Gasteiger partial charge is 0.488 e. The second-order valence-electron chi connectivity index (χ2n) is 4.48. The maximum atomic E-state index is 10.8. The van der Waals surface area contributed by atoms with E-state index in [0.29, 0.717) is 12.4 Å². The predicted molar refractivity (Wildman–Crippen MR) is 74.8 cm³/mol. The molecule has 1 aliphatic heterocycles. The molecule has 0 unspecified atom stereocenters. The molecule has 0 radical (unpaired) electrons. The Morgan fingerprint density at radius 2 is 2.25 bits per heavy atom. The Morgan fingerprint density at radius 1 is 1.40 bits per heavy atom. The highest BCUT2D eigenvalue weighted by Gasteiger charge is 2.20. The number of benzene rings is 1. The third kappa shape index (κ3) is 2.05. The van der Waals surface area contributed by atoms with Crippen LogP contribution >= 0.6 is 0 Å². The summed E-state index contributed by atoms with van der Waals surface area (Å²) in [5.74, 6) is 1.33. The highest BCUT2D eigenvalue weighted by atomic mass is 16.6. The van der Waals surface area contributed by atoms with Crippen molar-refractivity contribution in [3.05, 3.63) is 46.1 Å². The minimum absolute atomic E-state index is 0.0353. The smallest absolute Gasteiger partial charge is 0.273 e. The van der Waals surface area contributed by atoms with E-state index in [2.05, 4.69) is 10.3 Å². The maximum Gasteiger partial charge on any atom is 0.273 e. The van der Waals surface area contributed by atoms with Crippen molar-refractivity contribution in [1.82, 2.24) is 4.98 Å². The van der Waals surface area contributed by atoms with Gasteiger partial charge in [0.25, 0.3) is 5.69 Å². The summed E-state index contributed by atoms with van der Waals surface area (Å²) in [7, 11) is 0. The van der Waals surface area contributed by atoms with Gasteiger partial charge in [-0.25, -0.2) is 4.98 Å². The van der Waals surface area contributed by atoms with Crippen LogP contribution in [-0.4, -0.2) is 16.5 Å². The van der Waals surface area contributed by atoms with Gasteiger partial charge in [0.2, 0.25) is 0 Å². The Morgan fingerprint density at radius 3 is 3.00 bits per heavy atom. The lowest BCUT2D eigenvalue weighted by Crippen LogP contribution is -2.08. The summed E-state index contributed by atoms with van der Waals surface area (Å²) >= 11 is 0. The second kappa shape index (κ2) is 4.80. The number of anilines is 1. The minimum atomic E-state index is -0.421. The molecule has 0 amide bonds. The molecule has 1 aliphatic rings. The van der Waals surface area contributed by atoms with E-state index in [4.69, 9.17) is 4.74 Å². The number of rotatable bonds is 3. The standard InChI is InChI=1S/C14H13N3O3/c1-2-15-14-6-12-9(7-16-14)8-20-13-5-10(17(18)19)3-4-11(12)13/h3-7H,2,8H2,1H3,(H,15,16). The van der Waals surface area contributed by atoms with Gasteiger partial charge in [0, 0.05) is 29.9 Å². The van der Waals surface area contributed by atoms with Gasteiger partial charge < -0.3 is 10.1 Å². The van der Waals surface area contributed by atoms with Crippen LogP contribution in [0.1, 0.15) is 12.5 Å². The highest BCUT2D eigenvalue weighted by Crippen LogP contribution is 2.39. The lowest BCUT2D eigenvalue weighted by Gasteiger charge is -2.20. The molecule has 1 aromatic carbocycles. The van der Waals surface area contributed by atoms with E-state index >= 15 is 0 Å². The van der Waals surface area contributed by atoms with Crippen molar-refractivity contribution >= 4 is 11.5 Å². The molecule has 2 aromatic rings. The summed E-state index contributed by atoms with van der Waals surface area (Å²) < 4.78 is 5.58. The van der Waals surface area contributed by atoms with Gasteiger partial charge in [-0.1, -0.05) is 0 Å². The average Bonchev–Trinajstić information content (AvgIpc) is 2.46. The van der Waals surface area contributed by atoms with Crippen molar-refractivity contribution in [2.45, 2.75) is 13.5 Å². The third-order valence-corrected chi connectivity index (χ3v) is 3.19. The summed E-state index contributed by atoms with van der Waals surface area (Å²) in [5.41, 5.74) is 2.88. The zero-order chi connectivity index (χ0) is 14.1. The normalized spacial score (nSPS) is 12.1. The average molecular weight is 271 g/mol. The van der Waals surface area contributed by atoms with Gasteiger partial charge in [-0.05, 0) is 24.6 Å². The van der Waals surface area contributed by atoms with Gasteiger partial charge in [0.05, 0.1) is 11.0 Å². The summed E-state index contributed by atoms with van der Waals surface area (Å²) in [5, 5.41) is 14.0. The van der Waals surface area contributed by atoms with Crippen molar-refractivity contribution in [1.29, 1.82) is 0 Å². The quantitative estimate of drug-likeness (QED) is 0.686. The number of hydrogen-bond acceptors (Lipinski definition) is 5. The molecule has 0 saturated heterocycles. The first-order valence-corrected chi connectivity index (χ1v) is 6.33. The van der Waals surface area contributed by atoms with E-state index < -0.39 is 4.92 Å². The van der Waals surface area contributed by atoms with E-state index in [1.807, 2.05) is 13.0 Å². The van der Waals surface area contributed by atoms with Gasteiger partial charge in [-0.2, -0.15) is 0 Å². The number of pyridine rings is 1. The van der Waals surface area contributed by atoms with E-state index in [0.717, 1.165) is 29.1 Å². The van der Waals surface area contributed by atoms with Gasteiger partial charge in [0.1, 0.15) is 18.2 Å². The van der Waals surface area contributed by atoms with Crippen LogP contribution in [0.4, 0.5) is 11.5 Å². The number of aromatic nitrogens is 1. The number of nitro benzene ring substituents is 1. The number of nitrogens with one attached hydrogen (secondary N) is 1. The molecule has 0 fully saturated rings. The third-order valence-electron chi connectivity index (χ3n) is 3.19. The minimum Gasteiger partial charge on any atom is -0.488 e. The van der Waals surface area contributed by atoms with Crippen LogP contribution < -0.4 is 10.1 Å². The Labute approximate surface area is 115 Å². The molecule has 3 rings (SSSR count). The first-order valence-electron chi connectivity index (χ1n) is 6.33. The Bertz CT molecular complexity index is 685. The molecule has 0 atom stereocenters. The van der Waals surface area contributed by atoms with E-state index in [9.17, 15) is 10.1 Å². The van der Waals surface area contributed by atoms with Gasteiger partial charge in [-0.3, -0.25) is 10.1 Å². The zero-order valence-electron chi connectivity index (χ0n) is 10.9. The molecule has 2 heterocycles. The molecule has 0 spiro atoms. The number of nitro groups is 1. The van der Waals surface area contributed by atoms with Crippen molar-refractivity contribution in [3.63, 3.8) is 0 Å². The first kappa shape index (κ1) is 12.4. The topological polar surface area (TPSA) is 77.3 Å². The molecule has 0 bridgehead atoms. The number of hydrogen-bond donors (Lipinski definition) is 1. The van der Waals surface area contributed by atoms with Crippen LogP contribution in [0.15, 0.2) is 30.5 Å². The lowest BCUT2D eigenvalue weighted by molar-refractivity contribution is -0.384. The van der Waals surface area contributed by atoms with Gasteiger partial charge in [-0.15, -0.1) is 0 Å². The van der Waals surface area contributed by atoms with Crippen molar-refractivity contribution in [2.75, 3.05) is 11.9 Å². The molecule has 0 saturated carbocycles. The van der Waals surface area contributed by atoms with Crippen LogP contribution in [-0.2, 0) is 6.61 Å². The molecule has 20 heavy (non-hydrogen) atoms. The molecule has 1 aromatic heterocycles. The van der Waals surface area contributed by atoms with E-state index in [1.165, 1.54) is 12.1 Å². The second-order valence-corrected chi connectivity index (χ2v) is 4.48. The molecule has 1 N–H and O–H groups in total. The first-order chi connectivity index (χ1) is 9.69. The Kier molecular flexibility index (Phi) is 2.98. The molecule has 6 nitrogen and oxygen atoms in total. The number of non-ortho nitro benzene ring substituents is 1. The Balaban J connectivity index is 2.09. The van der Waals surface area contributed by atoms with Crippen LogP contribution in [0.25, 0.3) is 11.1 Å². The SMILES string of the molecule is CCNc1cc2c(cn1)COc1cc([N+](=O)[O-])ccc1-2. The summed E-state index contributed by atoms with van der Waals surface area (Å²) in [4.78, 5) is 14.7. The summed E-state index contributed by atoms with van der Waals surface area (Å²) in [6, 6.07) is 6.63. The Hall–Kier alpha value is -2.63. The monoisotopic (exact) mass is 271 g/mol. The summed E-state index contributed by atoms with van der Waals surface area (Å²) in [6.07, 6.45) is 1.78. The van der Waals surface area contributed by atoms with Crippen molar-refractivity contribution < 1.29 is 9.66 Å². The summed E-state index contributed by atoms with van der Waals surface area (Å²) in [6.45, 7) is 3.17. The highest BCUT2D eigenvalue weighted by molar-refractivity contribution is 5.77. The van der Waals surface area contributed by atoms with Crippen LogP contribution in [0, 0.1) is 10.1 Å².